The van der Waals surface area contributed by atoms with E-state index < -0.39 is 11.9 Å². The van der Waals surface area contributed by atoms with Gasteiger partial charge in [-0.2, -0.15) is 0 Å². The maximum absolute atomic E-state index is 10.6. The summed E-state index contributed by atoms with van der Waals surface area (Å²) in [5.74, 6) is -1.70. The number of aromatic nitrogens is 2. The summed E-state index contributed by atoms with van der Waals surface area (Å²) < 4.78 is 3.68. The second kappa shape index (κ2) is 5.51. The van der Waals surface area contributed by atoms with Gasteiger partial charge >= 0.3 is 11.9 Å². The number of imidazole rings is 1. The summed E-state index contributed by atoms with van der Waals surface area (Å²) in [6.45, 7) is 0.742. The number of carboxylic acid groups (broad SMARTS) is 2. The zero-order valence-corrected chi connectivity index (χ0v) is 10.3. The van der Waals surface area contributed by atoms with E-state index in [-0.39, 0.29) is 12.8 Å². The molecule has 0 bridgehead atoms. The van der Waals surface area contributed by atoms with Crippen LogP contribution in [0.15, 0.2) is 30.6 Å². The zero-order chi connectivity index (χ0) is 13.8. The fourth-order valence-electron chi connectivity index (χ4n) is 2.03. The van der Waals surface area contributed by atoms with Crippen molar-refractivity contribution in [2.45, 2.75) is 25.9 Å². The molecule has 1 heterocycles. The van der Waals surface area contributed by atoms with Gasteiger partial charge in [-0.25, -0.2) is 9.13 Å². The molecular weight excluding hydrogens is 248 g/mol. The topological polar surface area (TPSA) is 83.4 Å². The highest BCUT2D eigenvalue weighted by molar-refractivity contribution is 5.72. The molecular formula is C13H15N2O4+. The molecule has 6 heteroatoms. The number of aryl methyl sites for hydroxylation is 2. The molecule has 0 saturated heterocycles. The number of benzene rings is 1. The first-order valence-electron chi connectivity index (χ1n) is 5.99. The molecule has 0 aliphatic rings. The van der Waals surface area contributed by atoms with Gasteiger partial charge in [0.1, 0.15) is 13.1 Å². The second-order valence-electron chi connectivity index (χ2n) is 4.28. The predicted molar refractivity (Wildman–Crippen MR) is 66.6 cm³/mol. The van der Waals surface area contributed by atoms with Crippen LogP contribution < -0.4 is 4.57 Å². The SMILES string of the molecule is O=C(O)CCn1c[n+](CCC(=O)O)c2ccccc21. The molecule has 2 aromatic rings. The van der Waals surface area contributed by atoms with Crippen LogP contribution in [0.25, 0.3) is 11.0 Å². The van der Waals surface area contributed by atoms with E-state index in [1.54, 1.807) is 6.33 Å². The summed E-state index contributed by atoms with van der Waals surface area (Å²) in [5.41, 5.74) is 1.82. The van der Waals surface area contributed by atoms with Crippen LogP contribution in [0.1, 0.15) is 12.8 Å². The van der Waals surface area contributed by atoms with Gasteiger partial charge in [-0.05, 0) is 12.1 Å². The van der Waals surface area contributed by atoms with Crippen molar-refractivity contribution in [3.63, 3.8) is 0 Å². The molecule has 0 aliphatic heterocycles. The fourth-order valence-corrected chi connectivity index (χ4v) is 2.03. The summed E-state index contributed by atoms with van der Waals surface area (Å²) in [5, 5.41) is 17.5. The molecule has 19 heavy (non-hydrogen) atoms. The highest BCUT2D eigenvalue weighted by Gasteiger charge is 2.16. The van der Waals surface area contributed by atoms with E-state index >= 15 is 0 Å². The van der Waals surface area contributed by atoms with E-state index in [2.05, 4.69) is 0 Å². The van der Waals surface area contributed by atoms with Crippen LogP contribution in [0.3, 0.4) is 0 Å². The van der Waals surface area contributed by atoms with E-state index in [4.69, 9.17) is 10.2 Å². The highest BCUT2D eigenvalue weighted by atomic mass is 16.4. The minimum absolute atomic E-state index is 0.0393. The minimum atomic E-state index is -0.852. The molecule has 6 nitrogen and oxygen atoms in total. The van der Waals surface area contributed by atoms with Crippen LogP contribution in [-0.2, 0) is 22.7 Å². The van der Waals surface area contributed by atoms with Crippen LogP contribution >= 0.6 is 0 Å². The van der Waals surface area contributed by atoms with Crippen LogP contribution in [0.4, 0.5) is 0 Å². The fraction of sp³-hybridized carbons (Fsp3) is 0.308. The summed E-state index contributed by atoms with van der Waals surface area (Å²) in [6, 6.07) is 7.55. The van der Waals surface area contributed by atoms with Crippen molar-refractivity contribution in [1.29, 1.82) is 0 Å². The lowest BCUT2D eigenvalue weighted by atomic mass is 10.3. The number of aliphatic carboxylic acids is 2. The molecule has 0 aliphatic carbocycles. The Bertz CT molecular complexity index is 566. The van der Waals surface area contributed by atoms with Gasteiger partial charge in [0.2, 0.25) is 6.33 Å². The molecule has 2 rings (SSSR count). The molecule has 0 unspecified atom stereocenters. The Balaban J connectivity index is 2.31. The number of rotatable bonds is 6. The lowest BCUT2D eigenvalue weighted by Crippen LogP contribution is -2.33. The lowest BCUT2D eigenvalue weighted by molar-refractivity contribution is -0.671. The van der Waals surface area contributed by atoms with Crippen molar-refractivity contribution >= 4 is 23.0 Å². The monoisotopic (exact) mass is 263 g/mol. The van der Waals surface area contributed by atoms with Crippen LogP contribution in [0, 0.1) is 0 Å². The Morgan fingerprint density at radius 2 is 1.79 bits per heavy atom. The molecule has 0 fully saturated rings. The molecule has 2 N–H and O–H groups in total. The summed E-state index contributed by atoms with van der Waals surface area (Å²) in [7, 11) is 0. The van der Waals surface area contributed by atoms with Gasteiger partial charge in [0.25, 0.3) is 0 Å². The van der Waals surface area contributed by atoms with E-state index in [9.17, 15) is 9.59 Å². The second-order valence-corrected chi connectivity index (χ2v) is 4.28. The Kier molecular flexibility index (Phi) is 3.79. The van der Waals surface area contributed by atoms with Gasteiger partial charge in [-0.1, -0.05) is 12.1 Å². The molecule has 0 radical (unpaired) electrons. The summed E-state index contributed by atoms with van der Waals surface area (Å²) in [6.07, 6.45) is 1.85. The van der Waals surface area contributed by atoms with Crippen molar-refractivity contribution < 1.29 is 24.4 Å². The molecule has 0 spiro atoms. The van der Waals surface area contributed by atoms with E-state index in [1.165, 1.54) is 0 Å². The number of nitrogens with zero attached hydrogens (tertiary/aromatic N) is 2. The van der Waals surface area contributed by atoms with Gasteiger partial charge in [0.05, 0.1) is 12.8 Å². The minimum Gasteiger partial charge on any atom is -0.481 e. The number of carboxylic acids is 2. The summed E-state index contributed by atoms with van der Waals surface area (Å²) >= 11 is 0. The molecule has 1 aromatic carbocycles. The van der Waals surface area contributed by atoms with Gasteiger partial charge in [-0.15, -0.1) is 0 Å². The van der Waals surface area contributed by atoms with E-state index in [1.807, 2.05) is 33.4 Å². The molecule has 0 amide bonds. The average Bonchev–Trinajstić information content (AvgIpc) is 2.72. The first kappa shape index (κ1) is 13.1. The molecule has 1 aromatic heterocycles. The maximum atomic E-state index is 10.6. The Labute approximate surface area is 109 Å². The third-order valence-corrected chi connectivity index (χ3v) is 2.91. The van der Waals surface area contributed by atoms with Crippen LogP contribution in [-0.4, -0.2) is 26.7 Å². The van der Waals surface area contributed by atoms with Crippen LogP contribution in [0.5, 0.6) is 0 Å². The molecule has 0 saturated carbocycles. The van der Waals surface area contributed by atoms with E-state index in [0.29, 0.717) is 13.1 Å². The van der Waals surface area contributed by atoms with Gasteiger partial charge in [0, 0.05) is 0 Å². The van der Waals surface area contributed by atoms with Crippen molar-refractivity contribution in [1.82, 2.24) is 4.57 Å². The third kappa shape index (κ3) is 3.09. The predicted octanol–water partition coefficient (Wildman–Crippen LogP) is 0.878. The zero-order valence-electron chi connectivity index (χ0n) is 10.3. The summed E-state index contributed by atoms with van der Waals surface area (Å²) in [4.78, 5) is 21.3. The van der Waals surface area contributed by atoms with Crippen molar-refractivity contribution in [2.75, 3.05) is 0 Å². The van der Waals surface area contributed by atoms with Crippen LogP contribution in [0.2, 0.25) is 0 Å². The average molecular weight is 263 g/mol. The molecule has 0 atom stereocenters. The van der Waals surface area contributed by atoms with Gasteiger partial charge in [0.15, 0.2) is 11.0 Å². The first-order chi connectivity index (χ1) is 9.08. The number of fused-ring (bicyclic) bond motifs is 1. The number of hydrogen-bond donors (Lipinski definition) is 2. The van der Waals surface area contributed by atoms with Crippen molar-refractivity contribution in [3.05, 3.63) is 30.6 Å². The number of hydrogen-bond acceptors (Lipinski definition) is 2. The lowest BCUT2D eigenvalue weighted by Gasteiger charge is -1.93. The smallest absolute Gasteiger partial charge is 0.307 e. The van der Waals surface area contributed by atoms with Crippen molar-refractivity contribution in [2.24, 2.45) is 0 Å². The Hall–Kier alpha value is -2.37. The first-order valence-corrected chi connectivity index (χ1v) is 5.99. The van der Waals surface area contributed by atoms with E-state index in [0.717, 1.165) is 11.0 Å². The Morgan fingerprint density at radius 1 is 1.11 bits per heavy atom. The normalized spacial score (nSPS) is 10.7. The quantitative estimate of drug-likeness (QED) is 0.758. The van der Waals surface area contributed by atoms with Crippen molar-refractivity contribution in [3.8, 4) is 0 Å². The number of para-hydroxylation sites is 2. The number of carbonyl (C=O) groups is 2. The third-order valence-electron chi connectivity index (χ3n) is 2.91. The largest absolute Gasteiger partial charge is 0.481 e. The highest BCUT2D eigenvalue weighted by Crippen LogP contribution is 2.11. The Morgan fingerprint density at radius 3 is 2.47 bits per heavy atom. The van der Waals surface area contributed by atoms with Gasteiger partial charge < -0.3 is 10.2 Å². The van der Waals surface area contributed by atoms with Gasteiger partial charge in [-0.3, -0.25) is 9.59 Å². The maximum Gasteiger partial charge on any atom is 0.307 e. The molecule has 100 valence electrons. The standard InChI is InChI=1S/C13H14N2O4/c16-12(17)5-7-14-9-15(8-6-13(18)19)11-4-2-1-3-10(11)14/h1-4,9H,5-8H2,(H-,16,17,18,19)/p+1.